The van der Waals surface area contributed by atoms with Gasteiger partial charge in [0.2, 0.25) is 0 Å². The average molecular weight is 341 g/mol. The molecule has 0 aliphatic carbocycles. The van der Waals surface area contributed by atoms with Crippen molar-refractivity contribution < 1.29 is 4.74 Å². The second kappa shape index (κ2) is 7.43. The molecule has 1 fully saturated rings. The van der Waals surface area contributed by atoms with Crippen LogP contribution in [0.1, 0.15) is 31.7 Å². The molecule has 1 atom stereocenters. The number of nitrogens with zero attached hydrogens (tertiary/aromatic N) is 1. The topological polar surface area (TPSA) is 38.5 Å². The summed E-state index contributed by atoms with van der Waals surface area (Å²) in [5.74, 6) is 0. The van der Waals surface area contributed by atoms with E-state index in [4.69, 9.17) is 10.5 Å². The monoisotopic (exact) mass is 340 g/mol. The highest BCUT2D eigenvalue weighted by Crippen LogP contribution is 2.27. The van der Waals surface area contributed by atoms with Crippen LogP contribution in [-0.2, 0) is 11.2 Å². The first-order valence-electron chi connectivity index (χ1n) is 7.45. The molecule has 0 radical (unpaired) electrons. The Kier molecular flexibility index (Phi) is 5.87. The zero-order valence-electron chi connectivity index (χ0n) is 12.4. The highest BCUT2D eigenvalue weighted by atomic mass is 79.9. The molecule has 0 amide bonds. The highest BCUT2D eigenvalue weighted by Gasteiger charge is 2.19. The lowest BCUT2D eigenvalue weighted by Gasteiger charge is -2.33. The second-order valence-electron chi connectivity index (χ2n) is 5.57. The SMILES string of the molecule is CCC(N)Cc1ccc(N2CCC(OC)CC2)cc1Br. The number of nitrogens with two attached hydrogens (primary N) is 1. The summed E-state index contributed by atoms with van der Waals surface area (Å²) in [5, 5.41) is 0. The predicted octanol–water partition coefficient (Wildman–Crippen LogP) is 3.34. The number of anilines is 1. The summed E-state index contributed by atoms with van der Waals surface area (Å²) in [5.41, 5.74) is 8.63. The Balaban J connectivity index is 2.02. The van der Waals surface area contributed by atoms with Crippen molar-refractivity contribution >= 4 is 21.6 Å². The zero-order valence-corrected chi connectivity index (χ0v) is 14.0. The molecule has 1 unspecified atom stereocenters. The number of piperidine rings is 1. The minimum Gasteiger partial charge on any atom is -0.381 e. The van der Waals surface area contributed by atoms with Crippen LogP contribution < -0.4 is 10.6 Å². The molecular weight excluding hydrogens is 316 g/mol. The number of rotatable bonds is 5. The van der Waals surface area contributed by atoms with Crippen LogP contribution in [0.5, 0.6) is 0 Å². The van der Waals surface area contributed by atoms with Gasteiger partial charge in [-0.05, 0) is 43.4 Å². The fourth-order valence-corrected chi connectivity index (χ4v) is 3.20. The molecule has 1 aliphatic rings. The van der Waals surface area contributed by atoms with Gasteiger partial charge in [0, 0.05) is 36.4 Å². The number of methoxy groups -OCH3 is 1. The lowest BCUT2D eigenvalue weighted by Crippen LogP contribution is -2.36. The van der Waals surface area contributed by atoms with Crippen LogP contribution in [-0.4, -0.2) is 32.3 Å². The third-order valence-electron chi connectivity index (χ3n) is 4.18. The van der Waals surface area contributed by atoms with E-state index in [0.29, 0.717) is 6.10 Å². The van der Waals surface area contributed by atoms with Crippen LogP contribution in [0, 0.1) is 0 Å². The lowest BCUT2D eigenvalue weighted by molar-refractivity contribution is 0.0819. The molecule has 0 bridgehead atoms. The van der Waals surface area contributed by atoms with Gasteiger partial charge >= 0.3 is 0 Å². The van der Waals surface area contributed by atoms with E-state index < -0.39 is 0 Å². The molecule has 4 heteroatoms. The summed E-state index contributed by atoms with van der Waals surface area (Å²) in [7, 11) is 1.81. The molecule has 0 spiro atoms. The van der Waals surface area contributed by atoms with Gasteiger partial charge in [0.25, 0.3) is 0 Å². The molecule has 1 aromatic carbocycles. The first kappa shape index (κ1) is 15.8. The van der Waals surface area contributed by atoms with Crippen LogP contribution in [0.2, 0.25) is 0 Å². The minimum atomic E-state index is 0.245. The van der Waals surface area contributed by atoms with Crippen molar-refractivity contribution in [3.8, 4) is 0 Å². The lowest BCUT2D eigenvalue weighted by atomic mass is 10.0. The Labute approximate surface area is 130 Å². The summed E-state index contributed by atoms with van der Waals surface area (Å²) in [4.78, 5) is 2.43. The first-order valence-corrected chi connectivity index (χ1v) is 8.25. The summed E-state index contributed by atoms with van der Waals surface area (Å²) in [6.07, 6.45) is 4.59. The van der Waals surface area contributed by atoms with E-state index in [1.807, 2.05) is 7.11 Å². The van der Waals surface area contributed by atoms with E-state index in [9.17, 15) is 0 Å². The zero-order chi connectivity index (χ0) is 14.5. The van der Waals surface area contributed by atoms with Crippen molar-refractivity contribution in [2.75, 3.05) is 25.1 Å². The molecule has 1 aliphatic heterocycles. The second-order valence-corrected chi connectivity index (χ2v) is 6.42. The summed E-state index contributed by atoms with van der Waals surface area (Å²) in [6.45, 7) is 4.27. The Bertz CT molecular complexity index is 430. The summed E-state index contributed by atoms with van der Waals surface area (Å²) < 4.78 is 6.60. The molecule has 2 rings (SSSR count). The van der Waals surface area contributed by atoms with Gasteiger partial charge in [0.1, 0.15) is 0 Å². The Morgan fingerprint density at radius 3 is 2.65 bits per heavy atom. The van der Waals surface area contributed by atoms with Gasteiger partial charge in [0.15, 0.2) is 0 Å². The maximum Gasteiger partial charge on any atom is 0.0605 e. The van der Waals surface area contributed by atoms with Crippen LogP contribution in [0.4, 0.5) is 5.69 Å². The number of hydrogen-bond acceptors (Lipinski definition) is 3. The molecule has 2 N–H and O–H groups in total. The van der Waals surface area contributed by atoms with E-state index in [-0.39, 0.29) is 6.04 Å². The standard InChI is InChI=1S/C16H25BrN2O/c1-3-13(18)10-12-4-5-14(11-16(12)17)19-8-6-15(20-2)7-9-19/h4-5,11,13,15H,3,6-10,18H2,1-2H3. The van der Waals surface area contributed by atoms with Crippen LogP contribution in [0.3, 0.4) is 0 Å². The molecule has 1 aromatic rings. The van der Waals surface area contributed by atoms with E-state index in [2.05, 4.69) is 46.0 Å². The van der Waals surface area contributed by atoms with Crippen molar-refractivity contribution in [1.29, 1.82) is 0 Å². The summed E-state index contributed by atoms with van der Waals surface area (Å²) >= 11 is 3.69. The third-order valence-corrected chi connectivity index (χ3v) is 4.92. The number of halogens is 1. The molecule has 1 saturated heterocycles. The first-order chi connectivity index (χ1) is 9.63. The van der Waals surface area contributed by atoms with Crippen molar-refractivity contribution in [2.24, 2.45) is 5.73 Å². The normalized spacial score (nSPS) is 18.3. The van der Waals surface area contributed by atoms with Gasteiger partial charge in [-0.1, -0.05) is 28.9 Å². The van der Waals surface area contributed by atoms with Crippen LogP contribution in [0.25, 0.3) is 0 Å². The predicted molar refractivity (Wildman–Crippen MR) is 88.4 cm³/mol. The van der Waals surface area contributed by atoms with Crippen molar-refractivity contribution in [3.63, 3.8) is 0 Å². The molecule has 3 nitrogen and oxygen atoms in total. The van der Waals surface area contributed by atoms with Crippen molar-refractivity contribution in [2.45, 2.75) is 44.8 Å². The Hall–Kier alpha value is -0.580. The quantitative estimate of drug-likeness (QED) is 0.893. The highest BCUT2D eigenvalue weighted by molar-refractivity contribution is 9.10. The molecule has 0 aromatic heterocycles. The smallest absolute Gasteiger partial charge is 0.0605 e. The molecule has 1 heterocycles. The van der Waals surface area contributed by atoms with Crippen LogP contribution >= 0.6 is 15.9 Å². The van der Waals surface area contributed by atoms with E-state index in [0.717, 1.165) is 38.8 Å². The van der Waals surface area contributed by atoms with E-state index >= 15 is 0 Å². The number of benzene rings is 1. The van der Waals surface area contributed by atoms with Gasteiger partial charge in [-0.15, -0.1) is 0 Å². The van der Waals surface area contributed by atoms with Crippen molar-refractivity contribution in [1.82, 2.24) is 0 Å². The maximum atomic E-state index is 6.04. The van der Waals surface area contributed by atoms with Gasteiger partial charge in [-0.25, -0.2) is 0 Å². The Morgan fingerprint density at radius 1 is 1.40 bits per heavy atom. The van der Waals surface area contributed by atoms with E-state index in [1.165, 1.54) is 15.7 Å². The fourth-order valence-electron chi connectivity index (χ4n) is 2.67. The Morgan fingerprint density at radius 2 is 2.10 bits per heavy atom. The van der Waals surface area contributed by atoms with Gasteiger partial charge in [-0.3, -0.25) is 0 Å². The van der Waals surface area contributed by atoms with Gasteiger partial charge in [0.05, 0.1) is 6.10 Å². The third kappa shape index (κ3) is 3.96. The van der Waals surface area contributed by atoms with Crippen molar-refractivity contribution in [3.05, 3.63) is 28.2 Å². The van der Waals surface area contributed by atoms with E-state index in [1.54, 1.807) is 0 Å². The number of ether oxygens (including phenoxy) is 1. The molecule has 20 heavy (non-hydrogen) atoms. The van der Waals surface area contributed by atoms with Gasteiger partial charge < -0.3 is 15.4 Å². The molecule has 112 valence electrons. The summed E-state index contributed by atoms with van der Waals surface area (Å²) in [6, 6.07) is 6.90. The average Bonchev–Trinajstić information content (AvgIpc) is 2.49. The minimum absolute atomic E-state index is 0.245. The number of hydrogen-bond donors (Lipinski definition) is 1. The van der Waals surface area contributed by atoms with Crippen LogP contribution in [0.15, 0.2) is 22.7 Å². The fraction of sp³-hybridized carbons (Fsp3) is 0.625. The maximum absolute atomic E-state index is 6.04. The molecule has 0 saturated carbocycles. The largest absolute Gasteiger partial charge is 0.381 e. The van der Waals surface area contributed by atoms with Gasteiger partial charge in [-0.2, -0.15) is 0 Å². The molecular formula is C16H25BrN2O.